The van der Waals surface area contributed by atoms with Crippen LogP contribution in [0.2, 0.25) is 0 Å². The molecule has 162 valence electrons. The molecule has 0 amide bonds. The van der Waals surface area contributed by atoms with Crippen molar-refractivity contribution in [2.45, 2.75) is 42.9 Å². The Labute approximate surface area is 185 Å². The van der Waals surface area contributed by atoms with Crippen LogP contribution in [0.15, 0.2) is 70.5 Å². The van der Waals surface area contributed by atoms with Gasteiger partial charge >= 0.3 is 0 Å². The largest absolute Gasteiger partial charge is 0.364 e. The van der Waals surface area contributed by atoms with Gasteiger partial charge in [0.15, 0.2) is 6.29 Å². The standard InChI is InChI=1S/C25H28N2O3S/c1-17-12-13-22-23(18(17)2)27(15-7-14-26-16-19-8-4-3-5-9-19)21-11-6-10-20(25(28)29)24(21)31(22)30/h3-6,8-13,25-26,28-29H,7,14-16H2,1-2H3. The molecule has 1 aliphatic rings. The summed E-state index contributed by atoms with van der Waals surface area (Å²) in [4.78, 5) is 3.40. The zero-order valence-corrected chi connectivity index (χ0v) is 18.7. The van der Waals surface area contributed by atoms with Crippen LogP contribution < -0.4 is 10.2 Å². The van der Waals surface area contributed by atoms with Crippen molar-refractivity contribution in [1.82, 2.24) is 5.32 Å². The Hall–Kier alpha value is -2.51. The van der Waals surface area contributed by atoms with Crippen molar-refractivity contribution in [2.75, 3.05) is 18.0 Å². The van der Waals surface area contributed by atoms with Crippen molar-refractivity contribution >= 4 is 22.2 Å². The Kier molecular flexibility index (Phi) is 6.53. The Balaban J connectivity index is 1.61. The van der Waals surface area contributed by atoms with Gasteiger partial charge in [0.2, 0.25) is 0 Å². The third-order valence-electron chi connectivity index (χ3n) is 5.82. The highest BCUT2D eigenvalue weighted by atomic mass is 32.2. The summed E-state index contributed by atoms with van der Waals surface area (Å²) in [6.07, 6.45) is -0.779. The van der Waals surface area contributed by atoms with Crippen LogP contribution in [0.1, 0.15) is 35.0 Å². The molecule has 31 heavy (non-hydrogen) atoms. The third-order valence-corrected chi connectivity index (χ3v) is 7.37. The molecular formula is C25H28N2O3S. The van der Waals surface area contributed by atoms with Crippen LogP contribution in [-0.4, -0.2) is 27.5 Å². The first kappa shape index (κ1) is 21.7. The van der Waals surface area contributed by atoms with Crippen molar-refractivity contribution in [3.63, 3.8) is 0 Å². The summed E-state index contributed by atoms with van der Waals surface area (Å²) in [5.74, 6) is 0. The molecule has 1 unspecified atom stereocenters. The zero-order chi connectivity index (χ0) is 22.0. The third kappa shape index (κ3) is 4.29. The number of nitrogens with one attached hydrogen (secondary N) is 1. The number of hydrogen-bond donors (Lipinski definition) is 3. The normalized spacial score (nSPS) is 15.1. The van der Waals surface area contributed by atoms with E-state index in [2.05, 4.69) is 36.2 Å². The quantitative estimate of drug-likeness (QED) is 0.384. The van der Waals surface area contributed by atoms with Crippen molar-refractivity contribution in [2.24, 2.45) is 0 Å². The molecule has 1 atom stereocenters. The SMILES string of the molecule is Cc1ccc2c(c1C)N(CCCNCc1ccccc1)c1cccc(C(O)O)c1S2=O. The fraction of sp³-hybridized carbons (Fsp3) is 0.280. The number of benzene rings is 3. The van der Waals surface area contributed by atoms with Crippen LogP contribution in [0.4, 0.5) is 11.4 Å². The molecule has 5 nitrogen and oxygen atoms in total. The number of aliphatic hydroxyl groups is 2. The van der Waals surface area contributed by atoms with Gasteiger partial charge in [-0.2, -0.15) is 0 Å². The van der Waals surface area contributed by atoms with Gasteiger partial charge in [-0.25, -0.2) is 4.21 Å². The van der Waals surface area contributed by atoms with Gasteiger partial charge in [-0.15, -0.1) is 0 Å². The molecule has 6 heteroatoms. The maximum atomic E-state index is 13.4. The molecule has 0 saturated carbocycles. The van der Waals surface area contributed by atoms with E-state index in [1.165, 1.54) is 5.56 Å². The maximum absolute atomic E-state index is 13.4. The lowest BCUT2D eigenvalue weighted by Gasteiger charge is -2.35. The van der Waals surface area contributed by atoms with E-state index in [0.29, 0.717) is 10.5 Å². The van der Waals surface area contributed by atoms with Crippen LogP contribution >= 0.6 is 0 Å². The molecule has 3 aromatic rings. The number of nitrogens with zero attached hydrogens (tertiary/aromatic N) is 1. The van der Waals surface area contributed by atoms with E-state index >= 15 is 0 Å². The van der Waals surface area contributed by atoms with Gasteiger partial charge in [-0.05, 0) is 55.6 Å². The fourth-order valence-electron chi connectivity index (χ4n) is 4.07. The molecule has 4 rings (SSSR count). The van der Waals surface area contributed by atoms with Gasteiger partial charge < -0.3 is 20.4 Å². The van der Waals surface area contributed by atoms with Gasteiger partial charge in [0.25, 0.3) is 0 Å². The summed E-state index contributed by atoms with van der Waals surface area (Å²) in [6.45, 7) is 6.50. The molecule has 1 heterocycles. The van der Waals surface area contributed by atoms with E-state index in [4.69, 9.17) is 0 Å². The summed E-state index contributed by atoms with van der Waals surface area (Å²) in [5, 5.41) is 23.2. The predicted molar refractivity (Wildman–Crippen MR) is 124 cm³/mol. The number of anilines is 2. The highest BCUT2D eigenvalue weighted by Gasteiger charge is 2.32. The summed E-state index contributed by atoms with van der Waals surface area (Å²) in [6, 6.07) is 19.5. The molecule has 0 radical (unpaired) electrons. The number of fused-ring (bicyclic) bond motifs is 2. The van der Waals surface area contributed by atoms with Crippen LogP contribution in [0.3, 0.4) is 0 Å². The Morgan fingerprint density at radius 3 is 2.52 bits per heavy atom. The second kappa shape index (κ2) is 9.32. The first-order valence-corrected chi connectivity index (χ1v) is 11.7. The summed E-state index contributed by atoms with van der Waals surface area (Å²) in [5.41, 5.74) is 5.55. The molecule has 3 aromatic carbocycles. The molecule has 0 aliphatic carbocycles. The minimum atomic E-state index is -1.67. The highest BCUT2D eigenvalue weighted by Crippen LogP contribution is 2.46. The van der Waals surface area contributed by atoms with Crippen LogP contribution in [0.5, 0.6) is 0 Å². The van der Waals surface area contributed by atoms with Crippen molar-refractivity contribution < 1.29 is 14.4 Å². The smallest absolute Gasteiger partial charge is 0.179 e. The second-order valence-electron chi connectivity index (χ2n) is 7.86. The van der Waals surface area contributed by atoms with Gasteiger partial charge in [-0.3, -0.25) is 0 Å². The monoisotopic (exact) mass is 436 g/mol. The van der Waals surface area contributed by atoms with E-state index in [1.54, 1.807) is 12.1 Å². The van der Waals surface area contributed by atoms with E-state index < -0.39 is 17.1 Å². The molecule has 0 aromatic heterocycles. The fourth-order valence-corrected chi connectivity index (χ4v) is 5.68. The highest BCUT2D eigenvalue weighted by molar-refractivity contribution is 7.85. The average molecular weight is 437 g/mol. The molecule has 0 fully saturated rings. The lowest BCUT2D eigenvalue weighted by molar-refractivity contribution is -0.0445. The van der Waals surface area contributed by atoms with Gasteiger partial charge in [0, 0.05) is 18.7 Å². The van der Waals surface area contributed by atoms with Crippen molar-refractivity contribution in [3.05, 3.63) is 82.9 Å². The predicted octanol–water partition coefficient (Wildman–Crippen LogP) is 4.08. The number of aryl methyl sites for hydroxylation is 1. The Bertz CT molecular complexity index is 1100. The molecule has 1 aliphatic heterocycles. The van der Waals surface area contributed by atoms with Crippen LogP contribution in [0.25, 0.3) is 0 Å². The number of rotatable bonds is 7. The summed E-state index contributed by atoms with van der Waals surface area (Å²) < 4.78 is 13.4. The average Bonchev–Trinajstić information content (AvgIpc) is 2.78. The van der Waals surface area contributed by atoms with E-state index in [1.807, 2.05) is 36.4 Å². The van der Waals surface area contributed by atoms with E-state index in [0.717, 1.165) is 53.5 Å². The van der Waals surface area contributed by atoms with E-state index in [9.17, 15) is 14.4 Å². The van der Waals surface area contributed by atoms with E-state index in [-0.39, 0.29) is 0 Å². The minimum absolute atomic E-state index is 0.298. The van der Waals surface area contributed by atoms with Crippen molar-refractivity contribution in [1.29, 1.82) is 0 Å². The summed E-state index contributed by atoms with van der Waals surface area (Å²) in [7, 11) is -1.47. The van der Waals surface area contributed by atoms with Crippen molar-refractivity contribution in [3.8, 4) is 0 Å². The zero-order valence-electron chi connectivity index (χ0n) is 17.8. The first-order valence-electron chi connectivity index (χ1n) is 10.5. The Morgan fingerprint density at radius 2 is 1.77 bits per heavy atom. The molecule has 0 spiro atoms. The first-order chi connectivity index (χ1) is 15.0. The lowest BCUT2D eigenvalue weighted by atomic mass is 10.0. The van der Waals surface area contributed by atoms with Crippen LogP contribution in [0, 0.1) is 13.8 Å². The van der Waals surface area contributed by atoms with Gasteiger partial charge in [-0.1, -0.05) is 48.5 Å². The lowest BCUT2D eigenvalue weighted by Crippen LogP contribution is -2.29. The number of aliphatic hydroxyl groups excluding tert-OH is 1. The molecule has 0 saturated heterocycles. The van der Waals surface area contributed by atoms with Gasteiger partial charge in [0.05, 0.1) is 32.0 Å². The second-order valence-corrected chi connectivity index (χ2v) is 9.25. The Morgan fingerprint density at radius 1 is 1.00 bits per heavy atom. The number of hydrogen-bond acceptors (Lipinski definition) is 5. The minimum Gasteiger partial charge on any atom is -0.364 e. The van der Waals surface area contributed by atoms with Gasteiger partial charge in [0.1, 0.15) is 0 Å². The molecule has 0 bridgehead atoms. The molecule has 3 N–H and O–H groups in total. The summed E-state index contributed by atoms with van der Waals surface area (Å²) >= 11 is 0. The topological polar surface area (TPSA) is 72.8 Å². The maximum Gasteiger partial charge on any atom is 0.179 e. The molecular weight excluding hydrogens is 408 g/mol. The van der Waals surface area contributed by atoms with Crippen LogP contribution in [-0.2, 0) is 17.3 Å².